The molecule has 1 aliphatic heterocycles. The highest BCUT2D eigenvalue weighted by Gasteiger charge is 2.19. The van der Waals surface area contributed by atoms with Gasteiger partial charge in [-0.15, -0.1) is 0 Å². The van der Waals surface area contributed by atoms with Gasteiger partial charge in [-0.3, -0.25) is 4.79 Å². The highest BCUT2D eigenvalue weighted by atomic mass is 16.5. The molecular formula is C18H19NO2. The summed E-state index contributed by atoms with van der Waals surface area (Å²) in [4.78, 5) is 14.2. The molecule has 3 heteroatoms. The van der Waals surface area contributed by atoms with E-state index in [2.05, 4.69) is 0 Å². The molecule has 21 heavy (non-hydrogen) atoms. The first-order chi connectivity index (χ1) is 10.3. The lowest BCUT2D eigenvalue weighted by molar-refractivity contribution is 0.0793. The fourth-order valence-corrected chi connectivity index (χ4v) is 2.53. The second kappa shape index (κ2) is 6.44. The lowest BCUT2D eigenvalue weighted by Crippen LogP contribution is -2.27. The third kappa shape index (κ3) is 3.43. The second-order valence-electron chi connectivity index (χ2n) is 5.30. The number of benzene rings is 2. The standard InChI is InChI=1S/C18H19NO2/c20-18(19-12-4-5-13-19)16-10-8-15(9-11-16)14-21-17-6-2-1-3-7-17/h1-3,6-11H,4-5,12-14H2. The Morgan fingerprint density at radius 1 is 0.952 bits per heavy atom. The summed E-state index contributed by atoms with van der Waals surface area (Å²) < 4.78 is 5.70. The van der Waals surface area contributed by atoms with Crippen LogP contribution in [-0.2, 0) is 6.61 Å². The molecule has 1 aliphatic rings. The first-order valence-electron chi connectivity index (χ1n) is 7.39. The van der Waals surface area contributed by atoms with Gasteiger partial charge < -0.3 is 9.64 Å². The summed E-state index contributed by atoms with van der Waals surface area (Å²) in [5.74, 6) is 0.998. The van der Waals surface area contributed by atoms with E-state index in [4.69, 9.17) is 4.74 Å². The molecule has 2 aromatic rings. The Labute approximate surface area is 125 Å². The molecule has 0 radical (unpaired) electrons. The zero-order valence-electron chi connectivity index (χ0n) is 12.0. The number of ether oxygens (including phenoxy) is 1. The van der Waals surface area contributed by atoms with Gasteiger partial charge in [0.1, 0.15) is 12.4 Å². The highest BCUT2D eigenvalue weighted by molar-refractivity contribution is 5.94. The maximum Gasteiger partial charge on any atom is 0.253 e. The minimum atomic E-state index is 0.142. The van der Waals surface area contributed by atoms with Crippen LogP contribution in [0.25, 0.3) is 0 Å². The number of nitrogens with zero attached hydrogens (tertiary/aromatic N) is 1. The summed E-state index contributed by atoms with van der Waals surface area (Å²) in [7, 11) is 0. The summed E-state index contributed by atoms with van der Waals surface area (Å²) in [6.07, 6.45) is 2.24. The van der Waals surface area contributed by atoms with Crippen molar-refractivity contribution in [2.24, 2.45) is 0 Å². The molecule has 3 rings (SSSR count). The van der Waals surface area contributed by atoms with Crippen molar-refractivity contribution in [1.82, 2.24) is 4.90 Å². The molecule has 0 atom stereocenters. The van der Waals surface area contributed by atoms with Crippen molar-refractivity contribution < 1.29 is 9.53 Å². The molecular weight excluding hydrogens is 262 g/mol. The Hall–Kier alpha value is -2.29. The molecule has 1 heterocycles. The number of amides is 1. The van der Waals surface area contributed by atoms with E-state index < -0.39 is 0 Å². The number of carbonyl (C=O) groups is 1. The second-order valence-corrected chi connectivity index (χ2v) is 5.30. The molecule has 0 N–H and O–H groups in total. The molecule has 1 saturated heterocycles. The Morgan fingerprint density at radius 2 is 1.62 bits per heavy atom. The van der Waals surface area contributed by atoms with Crippen LogP contribution in [-0.4, -0.2) is 23.9 Å². The molecule has 0 aromatic heterocycles. The number of carbonyl (C=O) groups excluding carboxylic acids is 1. The number of hydrogen-bond donors (Lipinski definition) is 0. The predicted octanol–water partition coefficient (Wildman–Crippen LogP) is 3.50. The Bertz CT molecular complexity index is 586. The minimum absolute atomic E-state index is 0.142. The molecule has 0 spiro atoms. The molecule has 108 valence electrons. The van der Waals surface area contributed by atoms with E-state index in [0.29, 0.717) is 6.61 Å². The van der Waals surface area contributed by atoms with Crippen LogP contribution in [0.5, 0.6) is 5.75 Å². The summed E-state index contributed by atoms with van der Waals surface area (Å²) in [5, 5.41) is 0. The third-order valence-corrected chi connectivity index (χ3v) is 3.74. The molecule has 0 saturated carbocycles. The van der Waals surface area contributed by atoms with Gasteiger partial charge in [-0.25, -0.2) is 0 Å². The zero-order valence-corrected chi connectivity index (χ0v) is 12.0. The van der Waals surface area contributed by atoms with Crippen LogP contribution in [0.4, 0.5) is 0 Å². The first-order valence-corrected chi connectivity index (χ1v) is 7.39. The smallest absolute Gasteiger partial charge is 0.253 e. The van der Waals surface area contributed by atoms with Gasteiger partial charge in [0, 0.05) is 18.7 Å². The van der Waals surface area contributed by atoms with Crippen LogP contribution in [0.1, 0.15) is 28.8 Å². The van der Waals surface area contributed by atoms with Crippen LogP contribution in [0.15, 0.2) is 54.6 Å². The Balaban J connectivity index is 1.60. The summed E-state index contributed by atoms with van der Waals surface area (Å²) in [6, 6.07) is 17.5. The van der Waals surface area contributed by atoms with Crippen molar-refractivity contribution in [3.05, 3.63) is 65.7 Å². The first kappa shape index (κ1) is 13.7. The third-order valence-electron chi connectivity index (χ3n) is 3.74. The molecule has 1 fully saturated rings. The highest BCUT2D eigenvalue weighted by Crippen LogP contribution is 2.15. The number of para-hydroxylation sites is 1. The quantitative estimate of drug-likeness (QED) is 0.858. The fourth-order valence-electron chi connectivity index (χ4n) is 2.53. The van der Waals surface area contributed by atoms with E-state index in [1.54, 1.807) is 0 Å². The maximum atomic E-state index is 12.2. The topological polar surface area (TPSA) is 29.5 Å². The van der Waals surface area contributed by atoms with Crippen molar-refractivity contribution in [2.75, 3.05) is 13.1 Å². The number of rotatable bonds is 4. The van der Waals surface area contributed by atoms with Gasteiger partial charge in [0.15, 0.2) is 0 Å². The van der Waals surface area contributed by atoms with Crippen molar-refractivity contribution >= 4 is 5.91 Å². The van der Waals surface area contributed by atoms with Crippen LogP contribution < -0.4 is 4.74 Å². The van der Waals surface area contributed by atoms with Gasteiger partial charge in [0.05, 0.1) is 0 Å². The van der Waals surface area contributed by atoms with Gasteiger partial charge in [0.2, 0.25) is 0 Å². The van der Waals surface area contributed by atoms with Crippen molar-refractivity contribution in [2.45, 2.75) is 19.4 Å². The Morgan fingerprint density at radius 3 is 2.29 bits per heavy atom. The van der Waals surface area contributed by atoms with Gasteiger partial charge in [-0.05, 0) is 42.7 Å². The number of likely N-dealkylation sites (tertiary alicyclic amines) is 1. The SMILES string of the molecule is O=C(c1ccc(COc2ccccc2)cc1)N1CCCC1. The van der Waals surface area contributed by atoms with Gasteiger partial charge in [0.25, 0.3) is 5.91 Å². The lowest BCUT2D eigenvalue weighted by Gasteiger charge is -2.15. The molecule has 2 aromatic carbocycles. The average Bonchev–Trinajstić information content (AvgIpc) is 3.08. The monoisotopic (exact) mass is 281 g/mol. The minimum Gasteiger partial charge on any atom is -0.489 e. The van der Waals surface area contributed by atoms with E-state index in [0.717, 1.165) is 42.8 Å². The van der Waals surface area contributed by atoms with Crippen LogP contribution in [0, 0.1) is 0 Å². The molecule has 1 amide bonds. The summed E-state index contributed by atoms with van der Waals surface area (Å²) in [6.45, 7) is 2.29. The van der Waals surface area contributed by atoms with Crippen LogP contribution >= 0.6 is 0 Å². The van der Waals surface area contributed by atoms with Crippen molar-refractivity contribution in [3.8, 4) is 5.75 Å². The zero-order chi connectivity index (χ0) is 14.5. The number of hydrogen-bond acceptors (Lipinski definition) is 2. The van der Waals surface area contributed by atoms with Crippen LogP contribution in [0.3, 0.4) is 0 Å². The largest absolute Gasteiger partial charge is 0.489 e. The average molecular weight is 281 g/mol. The van der Waals surface area contributed by atoms with E-state index in [9.17, 15) is 4.79 Å². The van der Waals surface area contributed by atoms with Gasteiger partial charge in [-0.1, -0.05) is 30.3 Å². The fraction of sp³-hybridized carbons (Fsp3) is 0.278. The summed E-state index contributed by atoms with van der Waals surface area (Å²) in [5.41, 5.74) is 1.83. The Kier molecular flexibility index (Phi) is 4.20. The molecule has 0 unspecified atom stereocenters. The van der Waals surface area contributed by atoms with E-state index in [-0.39, 0.29) is 5.91 Å². The maximum absolute atomic E-state index is 12.2. The lowest BCUT2D eigenvalue weighted by atomic mass is 10.1. The molecule has 3 nitrogen and oxygen atoms in total. The van der Waals surface area contributed by atoms with Gasteiger partial charge in [-0.2, -0.15) is 0 Å². The van der Waals surface area contributed by atoms with Crippen molar-refractivity contribution in [1.29, 1.82) is 0 Å². The van der Waals surface area contributed by atoms with E-state index >= 15 is 0 Å². The molecule has 0 aliphatic carbocycles. The molecule has 0 bridgehead atoms. The van der Waals surface area contributed by atoms with Crippen molar-refractivity contribution in [3.63, 3.8) is 0 Å². The van der Waals surface area contributed by atoms with E-state index in [1.165, 1.54) is 0 Å². The van der Waals surface area contributed by atoms with Crippen LogP contribution in [0.2, 0.25) is 0 Å². The van der Waals surface area contributed by atoms with Gasteiger partial charge >= 0.3 is 0 Å². The normalized spacial score (nSPS) is 14.2. The van der Waals surface area contributed by atoms with E-state index in [1.807, 2.05) is 59.5 Å². The predicted molar refractivity (Wildman–Crippen MR) is 82.4 cm³/mol. The summed E-state index contributed by atoms with van der Waals surface area (Å²) >= 11 is 0.